The van der Waals surface area contributed by atoms with Crippen molar-refractivity contribution in [2.24, 2.45) is 0 Å². The van der Waals surface area contributed by atoms with E-state index in [4.69, 9.17) is 10.2 Å². The zero-order chi connectivity index (χ0) is 13.2. The van der Waals surface area contributed by atoms with Crippen LogP contribution in [0.25, 0.3) is 11.1 Å². The lowest BCUT2D eigenvalue weighted by Gasteiger charge is -2.02. The van der Waals surface area contributed by atoms with Gasteiger partial charge in [-0.05, 0) is 42.7 Å². The molecule has 0 radical (unpaired) electrons. The Morgan fingerprint density at radius 1 is 1.16 bits per heavy atom. The number of anilines is 3. The Morgan fingerprint density at radius 2 is 1.95 bits per heavy atom. The van der Waals surface area contributed by atoms with Crippen LogP contribution in [0.15, 0.2) is 51.8 Å². The Labute approximate surface area is 115 Å². The lowest BCUT2D eigenvalue weighted by molar-refractivity contribution is 0.623. The van der Waals surface area contributed by atoms with Crippen molar-refractivity contribution in [3.05, 3.63) is 42.5 Å². The summed E-state index contributed by atoms with van der Waals surface area (Å²) in [5.41, 5.74) is 8.77. The Balaban J connectivity index is 1.90. The number of oxazole rings is 1. The first-order valence-electron chi connectivity index (χ1n) is 5.82. The second kappa shape index (κ2) is 4.85. The number of rotatable bonds is 3. The van der Waals surface area contributed by atoms with Crippen molar-refractivity contribution in [3.8, 4) is 0 Å². The molecule has 5 heteroatoms. The minimum Gasteiger partial charge on any atom is -0.423 e. The van der Waals surface area contributed by atoms with Crippen LogP contribution in [0, 0.1) is 0 Å². The van der Waals surface area contributed by atoms with Gasteiger partial charge in [0.05, 0.1) is 5.69 Å². The number of fused-ring (bicyclic) bond motifs is 1. The van der Waals surface area contributed by atoms with Crippen LogP contribution >= 0.6 is 11.8 Å². The molecule has 4 nitrogen and oxygen atoms in total. The summed E-state index contributed by atoms with van der Waals surface area (Å²) in [6.07, 6.45) is 2.05. The zero-order valence-corrected chi connectivity index (χ0v) is 11.2. The van der Waals surface area contributed by atoms with E-state index in [1.807, 2.05) is 48.7 Å². The molecule has 3 aromatic rings. The average molecular weight is 271 g/mol. The van der Waals surface area contributed by atoms with Crippen LogP contribution in [0.1, 0.15) is 0 Å². The van der Waals surface area contributed by atoms with Gasteiger partial charge < -0.3 is 15.5 Å². The number of hydrogen-bond donors (Lipinski definition) is 2. The van der Waals surface area contributed by atoms with E-state index in [1.165, 1.54) is 4.90 Å². The summed E-state index contributed by atoms with van der Waals surface area (Å²) >= 11 is 1.71. The van der Waals surface area contributed by atoms with E-state index in [0.717, 1.165) is 5.69 Å². The Kier molecular flexibility index (Phi) is 3.05. The maximum atomic E-state index is 5.85. The van der Waals surface area contributed by atoms with Crippen molar-refractivity contribution in [1.29, 1.82) is 0 Å². The quantitative estimate of drug-likeness (QED) is 0.559. The normalized spacial score (nSPS) is 10.8. The lowest BCUT2D eigenvalue weighted by atomic mass is 10.3. The van der Waals surface area contributed by atoms with Crippen LogP contribution in [-0.2, 0) is 0 Å². The minimum absolute atomic E-state index is 0.449. The summed E-state index contributed by atoms with van der Waals surface area (Å²) in [4.78, 5) is 5.56. The van der Waals surface area contributed by atoms with Crippen LogP contribution < -0.4 is 11.1 Å². The van der Waals surface area contributed by atoms with Crippen molar-refractivity contribution >= 4 is 40.3 Å². The molecule has 0 bridgehead atoms. The van der Waals surface area contributed by atoms with E-state index < -0.39 is 0 Å². The van der Waals surface area contributed by atoms with Gasteiger partial charge in [0, 0.05) is 10.6 Å². The number of para-hydroxylation sites is 1. The third-order valence-electron chi connectivity index (χ3n) is 2.79. The summed E-state index contributed by atoms with van der Waals surface area (Å²) in [5.74, 6) is 0. The van der Waals surface area contributed by atoms with Gasteiger partial charge in [0.2, 0.25) is 0 Å². The molecule has 0 spiro atoms. The Hall–Kier alpha value is -2.14. The van der Waals surface area contributed by atoms with Crippen molar-refractivity contribution in [3.63, 3.8) is 0 Å². The SMILES string of the molecule is CSc1ccc(Nc2nc3c(N)cccc3o2)cc1. The molecule has 19 heavy (non-hydrogen) atoms. The smallest absolute Gasteiger partial charge is 0.300 e. The molecule has 96 valence electrons. The van der Waals surface area contributed by atoms with Crippen molar-refractivity contribution in [1.82, 2.24) is 4.98 Å². The Morgan fingerprint density at radius 3 is 2.63 bits per heavy atom. The first kappa shape index (κ1) is 11.9. The summed E-state index contributed by atoms with van der Waals surface area (Å²) in [7, 11) is 0. The molecule has 0 atom stereocenters. The van der Waals surface area contributed by atoms with Gasteiger partial charge in [-0.1, -0.05) is 6.07 Å². The first-order valence-corrected chi connectivity index (χ1v) is 7.05. The van der Waals surface area contributed by atoms with E-state index in [0.29, 0.717) is 22.8 Å². The van der Waals surface area contributed by atoms with Gasteiger partial charge in [-0.15, -0.1) is 11.8 Å². The number of thioether (sulfide) groups is 1. The maximum absolute atomic E-state index is 5.85. The molecule has 0 amide bonds. The van der Waals surface area contributed by atoms with Gasteiger partial charge in [0.1, 0.15) is 5.52 Å². The lowest BCUT2D eigenvalue weighted by Crippen LogP contribution is -1.90. The second-order valence-corrected chi connectivity index (χ2v) is 4.95. The fraction of sp³-hybridized carbons (Fsp3) is 0.0714. The first-order chi connectivity index (χ1) is 9.26. The number of nitrogen functional groups attached to an aromatic ring is 1. The van der Waals surface area contributed by atoms with Gasteiger partial charge in [0.15, 0.2) is 5.58 Å². The highest BCUT2D eigenvalue weighted by Crippen LogP contribution is 2.26. The number of hydrogen-bond acceptors (Lipinski definition) is 5. The molecule has 0 unspecified atom stereocenters. The summed E-state index contributed by atoms with van der Waals surface area (Å²) < 4.78 is 5.60. The molecular formula is C14H13N3OS. The zero-order valence-electron chi connectivity index (χ0n) is 10.4. The van der Waals surface area contributed by atoms with E-state index in [9.17, 15) is 0 Å². The molecule has 1 heterocycles. The van der Waals surface area contributed by atoms with Crippen molar-refractivity contribution in [2.45, 2.75) is 4.90 Å². The van der Waals surface area contributed by atoms with Crippen LogP contribution in [0.4, 0.5) is 17.4 Å². The molecule has 1 aromatic heterocycles. The van der Waals surface area contributed by atoms with Gasteiger partial charge in [-0.25, -0.2) is 0 Å². The third kappa shape index (κ3) is 2.37. The molecule has 0 aliphatic carbocycles. The van der Waals surface area contributed by atoms with Crippen LogP contribution in [-0.4, -0.2) is 11.2 Å². The monoisotopic (exact) mass is 271 g/mol. The fourth-order valence-electron chi connectivity index (χ4n) is 1.82. The topological polar surface area (TPSA) is 64.1 Å². The van der Waals surface area contributed by atoms with E-state index in [-0.39, 0.29) is 0 Å². The Bertz CT molecular complexity index is 706. The highest BCUT2D eigenvalue weighted by molar-refractivity contribution is 7.98. The summed E-state index contributed by atoms with van der Waals surface area (Å²) in [6.45, 7) is 0. The van der Waals surface area contributed by atoms with Crippen molar-refractivity contribution < 1.29 is 4.42 Å². The van der Waals surface area contributed by atoms with Crippen LogP contribution in [0.5, 0.6) is 0 Å². The fourth-order valence-corrected chi connectivity index (χ4v) is 2.23. The minimum atomic E-state index is 0.449. The highest BCUT2D eigenvalue weighted by atomic mass is 32.2. The number of benzene rings is 2. The highest BCUT2D eigenvalue weighted by Gasteiger charge is 2.07. The van der Waals surface area contributed by atoms with E-state index >= 15 is 0 Å². The predicted octanol–water partition coefficient (Wildman–Crippen LogP) is 3.88. The molecular weight excluding hydrogens is 258 g/mol. The number of aromatic nitrogens is 1. The molecule has 0 aliphatic heterocycles. The molecule has 2 aromatic carbocycles. The second-order valence-electron chi connectivity index (χ2n) is 4.07. The average Bonchev–Trinajstić information content (AvgIpc) is 2.84. The molecule has 0 fully saturated rings. The maximum Gasteiger partial charge on any atom is 0.300 e. The number of nitrogens with one attached hydrogen (secondary N) is 1. The largest absolute Gasteiger partial charge is 0.423 e. The molecule has 3 rings (SSSR count). The van der Waals surface area contributed by atoms with E-state index in [1.54, 1.807) is 11.8 Å². The third-order valence-corrected chi connectivity index (χ3v) is 3.54. The number of nitrogens with two attached hydrogens (primary N) is 1. The van der Waals surface area contributed by atoms with Crippen LogP contribution in [0.2, 0.25) is 0 Å². The summed E-state index contributed by atoms with van der Waals surface area (Å²) in [5, 5.41) is 3.13. The van der Waals surface area contributed by atoms with Gasteiger partial charge in [-0.2, -0.15) is 4.98 Å². The standard InChI is InChI=1S/C14H13N3OS/c1-19-10-7-5-9(6-8-10)16-14-17-13-11(15)3-2-4-12(13)18-14/h2-8H,15H2,1H3,(H,16,17). The van der Waals surface area contributed by atoms with Gasteiger partial charge in [-0.3, -0.25) is 0 Å². The van der Waals surface area contributed by atoms with Crippen LogP contribution in [0.3, 0.4) is 0 Å². The molecule has 3 N–H and O–H groups in total. The van der Waals surface area contributed by atoms with Gasteiger partial charge >= 0.3 is 0 Å². The predicted molar refractivity (Wildman–Crippen MR) is 79.9 cm³/mol. The molecule has 0 saturated carbocycles. The van der Waals surface area contributed by atoms with E-state index in [2.05, 4.69) is 10.3 Å². The molecule has 0 aliphatic rings. The summed E-state index contributed by atoms with van der Waals surface area (Å²) in [6, 6.07) is 14.0. The molecule has 0 saturated heterocycles. The van der Waals surface area contributed by atoms with Crippen molar-refractivity contribution in [2.75, 3.05) is 17.3 Å². The van der Waals surface area contributed by atoms with Gasteiger partial charge in [0.25, 0.3) is 6.01 Å². The number of nitrogens with zero attached hydrogens (tertiary/aromatic N) is 1.